The lowest BCUT2D eigenvalue weighted by molar-refractivity contribution is 0.802. The van der Waals surface area contributed by atoms with Crippen LogP contribution in [0, 0.1) is 0 Å². The maximum Gasteiger partial charge on any atom is 0.191 e. The molecule has 27 heavy (non-hydrogen) atoms. The quantitative estimate of drug-likeness (QED) is 0.323. The zero-order valence-electron chi connectivity index (χ0n) is 15.7. The van der Waals surface area contributed by atoms with Gasteiger partial charge in [-0.3, -0.25) is 4.99 Å². The highest BCUT2D eigenvalue weighted by Crippen LogP contribution is 2.09. The Labute approximate surface area is 177 Å². The number of halogens is 1. The number of guanidine groups is 1. The van der Waals surface area contributed by atoms with Gasteiger partial charge in [0.25, 0.3) is 0 Å². The van der Waals surface area contributed by atoms with E-state index in [4.69, 9.17) is 0 Å². The average Bonchev–Trinajstić information content (AvgIpc) is 3.18. The molecule has 5 nitrogen and oxygen atoms in total. The molecule has 0 fully saturated rings. The smallest absolute Gasteiger partial charge is 0.191 e. The average molecular weight is 475 g/mol. The monoisotopic (exact) mass is 475 g/mol. The fourth-order valence-corrected chi connectivity index (χ4v) is 2.83. The van der Waals surface area contributed by atoms with Crippen LogP contribution in [-0.2, 0) is 19.5 Å². The fourth-order valence-electron chi connectivity index (χ4n) is 2.83. The van der Waals surface area contributed by atoms with Crippen molar-refractivity contribution in [1.82, 2.24) is 20.4 Å². The van der Waals surface area contributed by atoms with E-state index < -0.39 is 0 Å². The fraction of sp³-hybridized carbons (Fsp3) is 0.238. The number of aryl methyl sites for hydroxylation is 1. The Kier molecular flexibility index (Phi) is 8.32. The Morgan fingerprint density at radius 1 is 0.963 bits per heavy atom. The first-order chi connectivity index (χ1) is 12.8. The van der Waals surface area contributed by atoms with Crippen LogP contribution in [-0.4, -0.2) is 22.8 Å². The molecule has 0 bridgehead atoms. The van der Waals surface area contributed by atoms with E-state index in [1.807, 2.05) is 47.4 Å². The van der Waals surface area contributed by atoms with Gasteiger partial charge >= 0.3 is 0 Å². The van der Waals surface area contributed by atoms with Crippen molar-refractivity contribution < 1.29 is 0 Å². The van der Waals surface area contributed by atoms with Gasteiger partial charge in [-0.25, -0.2) is 4.68 Å². The molecule has 2 aromatic carbocycles. The predicted molar refractivity (Wildman–Crippen MR) is 122 cm³/mol. The second kappa shape index (κ2) is 10.7. The zero-order chi connectivity index (χ0) is 18.2. The van der Waals surface area contributed by atoms with Gasteiger partial charge in [0.2, 0.25) is 0 Å². The largest absolute Gasteiger partial charge is 0.352 e. The van der Waals surface area contributed by atoms with Crippen LogP contribution in [0.15, 0.2) is 72.0 Å². The summed E-state index contributed by atoms with van der Waals surface area (Å²) in [7, 11) is 1.79. The molecular formula is C21H26IN5. The van der Waals surface area contributed by atoms with Gasteiger partial charge in [-0.05, 0) is 29.7 Å². The molecule has 3 aromatic rings. The van der Waals surface area contributed by atoms with E-state index in [2.05, 4.69) is 51.9 Å². The van der Waals surface area contributed by atoms with Crippen LogP contribution in [0.25, 0.3) is 5.69 Å². The summed E-state index contributed by atoms with van der Waals surface area (Å²) in [6, 6.07) is 18.6. The lowest BCUT2D eigenvalue weighted by atomic mass is 10.1. The molecule has 1 aromatic heterocycles. The minimum Gasteiger partial charge on any atom is -0.352 e. The molecule has 0 aliphatic rings. The number of nitrogens with zero attached hydrogens (tertiary/aromatic N) is 3. The zero-order valence-corrected chi connectivity index (χ0v) is 18.1. The Bertz CT molecular complexity index is 858. The van der Waals surface area contributed by atoms with Crippen LogP contribution in [0.4, 0.5) is 0 Å². The molecule has 0 spiro atoms. The summed E-state index contributed by atoms with van der Waals surface area (Å²) >= 11 is 0. The summed E-state index contributed by atoms with van der Waals surface area (Å²) < 4.78 is 1.88. The van der Waals surface area contributed by atoms with Gasteiger partial charge in [0.15, 0.2) is 5.96 Å². The molecule has 0 radical (unpaired) electrons. The van der Waals surface area contributed by atoms with Crippen LogP contribution in [0.2, 0.25) is 0 Å². The molecule has 0 atom stereocenters. The first-order valence-electron chi connectivity index (χ1n) is 8.90. The van der Waals surface area contributed by atoms with Gasteiger partial charge in [-0.15, -0.1) is 24.0 Å². The summed E-state index contributed by atoms with van der Waals surface area (Å²) in [5.74, 6) is 0.781. The molecule has 2 N–H and O–H groups in total. The molecule has 0 aliphatic carbocycles. The van der Waals surface area contributed by atoms with E-state index >= 15 is 0 Å². The number of benzene rings is 2. The van der Waals surface area contributed by atoms with Gasteiger partial charge in [-0.2, -0.15) is 5.10 Å². The summed E-state index contributed by atoms with van der Waals surface area (Å²) in [4.78, 5) is 4.31. The molecule has 0 amide bonds. The number of aromatic nitrogens is 2. The van der Waals surface area contributed by atoms with Crippen molar-refractivity contribution in [2.24, 2.45) is 4.99 Å². The van der Waals surface area contributed by atoms with Crippen molar-refractivity contribution in [3.05, 3.63) is 83.7 Å². The number of hydrogen-bond donors (Lipinski definition) is 2. The van der Waals surface area contributed by atoms with Crippen molar-refractivity contribution in [2.75, 3.05) is 7.05 Å². The van der Waals surface area contributed by atoms with Gasteiger partial charge in [-0.1, -0.05) is 49.4 Å². The first kappa shape index (κ1) is 21.0. The van der Waals surface area contributed by atoms with Crippen molar-refractivity contribution in [2.45, 2.75) is 26.4 Å². The van der Waals surface area contributed by atoms with Gasteiger partial charge in [0.05, 0.1) is 11.9 Å². The van der Waals surface area contributed by atoms with Crippen LogP contribution in [0.5, 0.6) is 0 Å². The molecule has 142 valence electrons. The maximum atomic E-state index is 4.42. The van der Waals surface area contributed by atoms with Crippen LogP contribution < -0.4 is 10.6 Å². The molecule has 0 saturated carbocycles. The normalized spacial score (nSPS) is 11.0. The van der Waals surface area contributed by atoms with Crippen LogP contribution in [0.1, 0.15) is 23.6 Å². The maximum absolute atomic E-state index is 4.42. The van der Waals surface area contributed by atoms with E-state index in [1.165, 1.54) is 11.1 Å². The summed E-state index contributed by atoms with van der Waals surface area (Å²) in [6.07, 6.45) is 4.93. The topological polar surface area (TPSA) is 54.2 Å². The number of hydrogen-bond acceptors (Lipinski definition) is 2. The molecule has 0 saturated heterocycles. The second-order valence-electron chi connectivity index (χ2n) is 6.03. The Balaban J connectivity index is 0.00000261. The summed E-state index contributed by atoms with van der Waals surface area (Å²) in [6.45, 7) is 3.60. The third-order valence-corrected chi connectivity index (χ3v) is 4.29. The Morgan fingerprint density at radius 2 is 1.63 bits per heavy atom. The van der Waals surface area contributed by atoms with E-state index in [0.29, 0.717) is 6.54 Å². The van der Waals surface area contributed by atoms with Crippen molar-refractivity contribution in [3.8, 4) is 5.69 Å². The highest BCUT2D eigenvalue weighted by Gasteiger charge is 2.04. The standard InChI is InChI=1S/C21H25N5.HI/c1-3-18-9-7-8-10-19(18)15-24-21(22-2)23-13-17-14-25-26(16-17)20-11-5-4-6-12-20;/h4-12,14,16H,3,13,15H2,1-2H3,(H2,22,23,24);1H. The summed E-state index contributed by atoms with van der Waals surface area (Å²) in [5, 5.41) is 11.1. The van der Waals surface area contributed by atoms with E-state index in [1.54, 1.807) is 7.05 Å². The number of nitrogens with one attached hydrogen (secondary N) is 2. The van der Waals surface area contributed by atoms with Crippen molar-refractivity contribution in [3.63, 3.8) is 0 Å². The molecule has 0 aliphatic heterocycles. The highest BCUT2D eigenvalue weighted by atomic mass is 127. The lowest BCUT2D eigenvalue weighted by Crippen LogP contribution is -2.36. The third kappa shape index (κ3) is 5.82. The minimum atomic E-state index is 0. The third-order valence-electron chi connectivity index (χ3n) is 4.29. The van der Waals surface area contributed by atoms with Crippen molar-refractivity contribution >= 4 is 29.9 Å². The SMILES string of the molecule is CCc1ccccc1CNC(=NC)NCc1cnn(-c2ccccc2)c1.I. The number of rotatable bonds is 6. The molecule has 1 heterocycles. The Hall–Kier alpha value is -2.35. The predicted octanol–water partition coefficient (Wildman–Crippen LogP) is 3.92. The van der Waals surface area contributed by atoms with Crippen molar-refractivity contribution in [1.29, 1.82) is 0 Å². The van der Waals surface area contributed by atoms with Crippen LogP contribution in [0.3, 0.4) is 0 Å². The van der Waals surface area contributed by atoms with E-state index in [-0.39, 0.29) is 24.0 Å². The number of para-hydroxylation sites is 1. The molecule has 3 rings (SSSR count). The summed E-state index contributed by atoms with van der Waals surface area (Å²) in [5.41, 5.74) is 4.82. The first-order valence-corrected chi connectivity index (χ1v) is 8.90. The molecule has 0 unspecified atom stereocenters. The number of aliphatic imine (C=N–C) groups is 1. The second-order valence-corrected chi connectivity index (χ2v) is 6.03. The van der Waals surface area contributed by atoms with Gasteiger partial charge in [0, 0.05) is 31.9 Å². The van der Waals surface area contributed by atoms with Gasteiger partial charge < -0.3 is 10.6 Å². The Morgan fingerprint density at radius 3 is 2.33 bits per heavy atom. The highest BCUT2D eigenvalue weighted by molar-refractivity contribution is 14.0. The molecular weight excluding hydrogens is 449 g/mol. The van der Waals surface area contributed by atoms with E-state index in [0.717, 1.165) is 30.2 Å². The van der Waals surface area contributed by atoms with Crippen LogP contribution >= 0.6 is 24.0 Å². The minimum absolute atomic E-state index is 0. The molecule has 6 heteroatoms. The lowest BCUT2D eigenvalue weighted by Gasteiger charge is -2.13. The van der Waals surface area contributed by atoms with Gasteiger partial charge in [0.1, 0.15) is 0 Å². The van der Waals surface area contributed by atoms with E-state index in [9.17, 15) is 0 Å².